The number of hydrogen-bond donors (Lipinski definition) is 2. The number of rotatable bonds is 4. The second-order valence-electron chi connectivity index (χ2n) is 5.61. The Labute approximate surface area is 126 Å². The third-order valence-electron chi connectivity index (χ3n) is 3.94. The van der Waals surface area contributed by atoms with Gasteiger partial charge in [-0.25, -0.2) is 0 Å². The molecule has 0 atom stereocenters. The number of benzene rings is 1. The van der Waals surface area contributed by atoms with Gasteiger partial charge in [0, 0.05) is 28.1 Å². The Bertz CT molecular complexity index is 674. The summed E-state index contributed by atoms with van der Waals surface area (Å²) in [6.45, 7) is 2.54. The van der Waals surface area contributed by atoms with Gasteiger partial charge in [0.25, 0.3) is 0 Å². The van der Waals surface area contributed by atoms with Crippen LogP contribution >= 0.6 is 15.9 Å². The van der Waals surface area contributed by atoms with Gasteiger partial charge in [-0.3, -0.25) is 4.79 Å². The van der Waals surface area contributed by atoms with Crippen molar-refractivity contribution in [3.05, 3.63) is 28.4 Å². The molecule has 5 heteroatoms. The predicted octanol–water partition coefficient (Wildman–Crippen LogP) is 3.36. The predicted molar refractivity (Wildman–Crippen MR) is 81.7 cm³/mol. The van der Waals surface area contributed by atoms with E-state index in [2.05, 4.69) is 32.3 Å². The average molecular weight is 337 g/mol. The number of halogens is 1. The molecule has 106 valence electrons. The van der Waals surface area contributed by atoms with Crippen molar-refractivity contribution < 1.29 is 9.53 Å². The van der Waals surface area contributed by atoms with Crippen molar-refractivity contribution in [2.45, 2.75) is 26.3 Å². The Morgan fingerprint density at radius 1 is 1.45 bits per heavy atom. The Morgan fingerprint density at radius 3 is 2.85 bits per heavy atom. The molecular formula is C15H17BrN2O2. The van der Waals surface area contributed by atoms with Gasteiger partial charge < -0.3 is 15.0 Å². The molecule has 2 N–H and O–H groups in total. The molecule has 0 unspecified atom stereocenters. The Morgan fingerprint density at radius 2 is 2.20 bits per heavy atom. The molecule has 3 rings (SSSR count). The fraction of sp³-hybridized carbons (Fsp3) is 0.400. The summed E-state index contributed by atoms with van der Waals surface area (Å²) in [7, 11) is 1.65. The van der Waals surface area contributed by atoms with Crippen LogP contribution in [0, 0.1) is 5.41 Å². The normalized spacial score (nSPS) is 16.1. The number of hydrogen-bond acceptors (Lipinski definition) is 2. The van der Waals surface area contributed by atoms with Crippen LogP contribution in [-0.2, 0) is 11.3 Å². The maximum Gasteiger partial charge on any atom is 0.226 e. The van der Waals surface area contributed by atoms with Crippen LogP contribution < -0.4 is 10.1 Å². The number of H-pyrrole nitrogens is 1. The van der Waals surface area contributed by atoms with E-state index in [1.807, 2.05) is 19.1 Å². The molecule has 0 spiro atoms. The first-order valence-corrected chi connectivity index (χ1v) is 7.44. The van der Waals surface area contributed by atoms with Gasteiger partial charge in [-0.15, -0.1) is 0 Å². The van der Waals surface area contributed by atoms with Gasteiger partial charge in [-0.1, -0.05) is 6.92 Å². The zero-order chi connectivity index (χ0) is 14.3. The Hall–Kier alpha value is -1.49. The minimum absolute atomic E-state index is 0.127. The van der Waals surface area contributed by atoms with Gasteiger partial charge in [-0.2, -0.15) is 0 Å². The van der Waals surface area contributed by atoms with E-state index in [-0.39, 0.29) is 11.3 Å². The molecule has 1 amide bonds. The zero-order valence-corrected chi connectivity index (χ0v) is 13.1. The first kappa shape index (κ1) is 13.5. The van der Waals surface area contributed by atoms with Crippen LogP contribution in [0.25, 0.3) is 10.9 Å². The minimum Gasteiger partial charge on any atom is -0.495 e. The highest BCUT2D eigenvalue weighted by molar-refractivity contribution is 9.10. The van der Waals surface area contributed by atoms with Crippen molar-refractivity contribution in [2.24, 2.45) is 5.41 Å². The first-order chi connectivity index (χ1) is 9.51. The van der Waals surface area contributed by atoms with E-state index in [0.717, 1.165) is 39.7 Å². The molecule has 0 radical (unpaired) electrons. The molecule has 20 heavy (non-hydrogen) atoms. The molecule has 1 saturated carbocycles. The topological polar surface area (TPSA) is 54.1 Å². The molecule has 1 heterocycles. The lowest BCUT2D eigenvalue weighted by Crippen LogP contribution is -2.29. The van der Waals surface area contributed by atoms with E-state index < -0.39 is 0 Å². The maximum atomic E-state index is 11.9. The first-order valence-electron chi connectivity index (χ1n) is 6.65. The SMILES string of the molecule is COc1cc2[nH]c(CNC(=O)C3(C)CC3)cc2cc1Br. The summed E-state index contributed by atoms with van der Waals surface area (Å²) in [5.41, 5.74) is 1.88. The summed E-state index contributed by atoms with van der Waals surface area (Å²) in [4.78, 5) is 15.2. The van der Waals surface area contributed by atoms with Gasteiger partial charge >= 0.3 is 0 Å². The molecule has 1 aliphatic rings. The van der Waals surface area contributed by atoms with Crippen LogP contribution in [0.3, 0.4) is 0 Å². The molecule has 0 bridgehead atoms. The molecule has 1 aromatic carbocycles. The molecule has 1 aromatic heterocycles. The van der Waals surface area contributed by atoms with E-state index in [0.29, 0.717) is 6.54 Å². The number of methoxy groups -OCH3 is 1. The molecule has 0 aliphatic heterocycles. The molecule has 2 aromatic rings. The minimum atomic E-state index is -0.127. The van der Waals surface area contributed by atoms with E-state index in [1.165, 1.54) is 0 Å². The van der Waals surface area contributed by atoms with Crippen molar-refractivity contribution in [1.29, 1.82) is 0 Å². The third-order valence-corrected chi connectivity index (χ3v) is 4.56. The number of aromatic amines is 1. The maximum absolute atomic E-state index is 11.9. The lowest BCUT2D eigenvalue weighted by atomic mass is 10.1. The lowest BCUT2D eigenvalue weighted by molar-refractivity contribution is -0.125. The zero-order valence-electron chi connectivity index (χ0n) is 11.5. The van der Waals surface area contributed by atoms with Crippen molar-refractivity contribution in [1.82, 2.24) is 10.3 Å². The summed E-state index contributed by atoms with van der Waals surface area (Å²) in [6, 6.07) is 6.01. The Balaban J connectivity index is 1.77. The third kappa shape index (κ3) is 2.42. The largest absolute Gasteiger partial charge is 0.495 e. The van der Waals surface area contributed by atoms with Crippen LogP contribution in [0.2, 0.25) is 0 Å². The summed E-state index contributed by atoms with van der Waals surface area (Å²) in [5, 5.41) is 4.09. The van der Waals surface area contributed by atoms with Gasteiger partial charge in [0.1, 0.15) is 5.75 Å². The van der Waals surface area contributed by atoms with Crippen LogP contribution in [0.4, 0.5) is 0 Å². The van der Waals surface area contributed by atoms with Crippen LogP contribution in [-0.4, -0.2) is 18.0 Å². The second kappa shape index (κ2) is 4.81. The molecule has 1 aliphatic carbocycles. The summed E-state index contributed by atoms with van der Waals surface area (Å²) in [5.74, 6) is 0.940. The van der Waals surface area contributed by atoms with E-state index in [1.54, 1.807) is 7.11 Å². The van der Waals surface area contributed by atoms with E-state index in [9.17, 15) is 4.79 Å². The number of aromatic nitrogens is 1. The lowest BCUT2D eigenvalue weighted by Gasteiger charge is -2.08. The van der Waals surface area contributed by atoms with Crippen molar-refractivity contribution in [3.63, 3.8) is 0 Å². The number of carbonyl (C=O) groups is 1. The number of nitrogens with one attached hydrogen (secondary N) is 2. The second-order valence-corrected chi connectivity index (χ2v) is 6.47. The van der Waals surface area contributed by atoms with Gasteiger partial charge in [0.05, 0.1) is 18.1 Å². The number of ether oxygens (including phenoxy) is 1. The molecule has 1 fully saturated rings. The van der Waals surface area contributed by atoms with E-state index in [4.69, 9.17) is 4.74 Å². The summed E-state index contributed by atoms with van der Waals surface area (Å²) in [6.07, 6.45) is 1.99. The molecular weight excluding hydrogens is 320 g/mol. The van der Waals surface area contributed by atoms with Crippen LogP contribution in [0.5, 0.6) is 5.75 Å². The highest BCUT2D eigenvalue weighted by atomic mass is 79.9. The van der Waals surface area contributed by atoms with Crippen LogP contribution in [0.15, 0.2) is 22.7 Å². The molecule has 0 saturated heterocycles. The van der Waals surface area contributed by atoms with Gasteiger partial charge in [-0.05, 0) is 40.9 Å². The fourth-order valence-electron chi connectivity index (χ4n) is 2.25. The summed E-state index contributed by atoms with van der Waals surface area (Å²) >= 11 is 3.47. The van der Waals surface area contributed by atoms with Crippen molar-refractivity contribution in [3.8, 4) is 5.75 Å². The van der Waals surface area contributed by atoms with Gasteiger partial charge in [0.15, 0.2) is 0 Å². The number of fused-ring (bicyclic) bond motifs is 1. The fourth-order valence-corrected chi connectivity index (χ4v) is 2.77. The molecule has 4 nitrogen and oxygen atoms in total. The average Bonchev–Trinajstić information content (AvgIpc) is 3.05. The standard InChI is InChI=1S/C15H17BrN2O2/c1-15(3-4-15)14(19)17-8-10-5-9-6-11(16)13(20-2)7-12(9)18-10/h5-7,18H,3-4,8H2,1-2H3,(H,17,19). The van der Waals surface area contributed by atoms with Crippen LogP contribution in [0.1, 0.15) is 25.5 Å². The highest BCUT2D eigenvalue weighted by Gasteiger charge is 2.44. The highest BCUT2D eigenvalue weighted by Crippen LogP contribution is 2.45. The summed E-state index contributed by atoms with van der Waals surface area (Å²) < 4.78 is 6.20. The van der Waals surface area contributed by atoms with E-state index >= 15 is 0 Å². The van der Waals surface area contributed by atoms with Crippen molar-refractivity contribution >= 4 is 32.7 Å². The number of amides is 1. The van der Waals surface area contributed by atoms with Gasteiger partial charge in [0.2, 0.25) is 5.91 Å². The quantitative estimate of drug-likeness (QED) is 0.899. The Kier molecular flexibility index (Phi) is 3.24. The monoisotopic (exact) mass is 336 g/mol. The smallest absolute Gasteiger partial charge is 0.226 e. The number of carbonyl (C=O) groups excluding carboxylic acids is 1. The van der Waals surface area contributed by atoms with Crippen molar-refractivity contribution in [2.75, 3.05) is 7.11 Å².